The van der Waals surface area contributed by atoms with Gasteiger partial charge < -0.3 is 4.90 Å². The van der Waals surface area contributed by atoms with Crippen LogP contribution in [-0.4, -0.2) is 33.5 Å². The van der Waals surface area contributed by atoms with Crippen molar-refractivity contribution in [3.63, 3.8) is 0 Å². The summed E-state index contributed by atoms with van der Waals surface area (Å²) in [7, 11) is 0. The third-order valence-electron chi connectivity index (χ3n) is 3.61. The molecule has 128 valence electrons. The van der Waals surface area contributed by atoms with Gasteiger partial charge in [0, 0.05) is 15.4 Å². The highest BCUT2D eigenvalue weighted by Gasteiger charge is 2.43. The van der Waals surface area contributed by atoms with E-state index in [1.165, 1.54) is 11.3 Å². The van der Waals surface area contributed by atoms with Gasteiger partial charge in [-0.1, -0.05) is 5.92 Å². The molecule has 1 aliphatic heterocycles. The number of benzene rings is 1. The molecule has 0 bridgehead atoms. The minimum atomic E-state index is -1.16. The normalized spacial score (nSPS) is 17.1. The zero-order valence-corrected chi connectivity index (χ0v) is 14.8. The van der Waals surface area contributed by atoms with Gasteiger partial charge >= 0.3 is 0 Å². The van der Waals surface area contributed by atoms with E-state index in [1.54, 1.807) is 11.4 Å². The Bertz CT molecular complexity index is 901. The van der Waals surface area contributed by atoms with Crippen LogP contribution in [0.3, 0.4) is 0 Å². The van der Waals surface area contributed by atoms with Crippen LogP contribution in [0.4, 0.5) is 8.78 Å². The zero-order chi connectivity index (χ0) is 18.3. The fourth-order valence-electron chi connectivity index (χ4n) is 2.50. The fraction of sp³-hybridized carbons (Fsp3) is 0.125. The maximum atomic E-state index is 14.2. The standard InChI is InChI=1S/C16H9BrF2N2O3S/c1-2-8-3-10(18)14(11(19)4-8)16(23)20-6-13(22)21(24)15(20)12-5-9(17)7-25-12/h1,3-5,7,15,24H,6H2. The maximum Gasteiger partial charge on any atom is 0.268 e. The Morgan fingerprint density at radius 2 is 2.00 bits per heavy atom. The topological polar surface area (TPSA) is 60.9 Å². The van der Waals surface area contributed by atoms with E-state index in [1.807, 2.05) is 0 Å². The summed E-state index contributed by atoms with van der Waals surface area (Å²) in [5.74, 6) is -2.00. The molecule has 1 aliphatic rings. The summed E-state index contributed by atoms with van der Waals surface area (Å²) in [6.07, 6.45) is 3.94. The molecule has 1 aromatic carbocycles. The Morgan fingerprint density at radius 3 is 2.52 bits per heavy atom. The van der Waals surface area contributed by atoms with Crippen molar-refractivity contribution in [3.05, 3.63) is 55.7 Å². The number of amides is 2. The van der Waals surface area contributed by atoms with Gasteiger partial charge in [0.25, 0.3) is 11.8 Å². The molecule has 5 nitrogen and oxygen atoms in total. The minimum absolute atomic E-state index is 0.0495. The summed E-state index contributed by atoms with van der Waals surface area (Å²) in [4.78, 5) is 25.9. The lowest BCUT2D eigenvalue weighted by atomic mass is 10.1. The highest BCUT2D eigenvalue weighted by Crippen LogP contribution is 2.36. The Kier molecular flexibility index (Phi) is 4.60. The van der Waals surface area contributed by atoms with E-state index < -0.39 is 41.7 Å². The third-order valence-corrected chi connectivity index (χ3v) is 5.35. The molecular formula is C16H9BrF2N2O3S. The Balaban J connectivity index is 2.04. The van der Waals surface area contributed by atoms with Crippen LogP contribution in [0.2, 0.25) is 0 Å². The van der Waals surface area contributed by atoms with Gasteiger partial charge in [-0.15, -0.1) is 17.8 Å². The molecule has 25 heavy (non-hydrogen) atoms. The molecule has 1 aromatic heterocycles. The van der Waals surface area contributed by atoms with Gasteiger partial charge in [-0.2, -0.15) is 5.06 Å². The monoisotopic (exact) mass is 426 g/mol. The van der Waals surface area contributed by atoms with Crippen LogP contribution in [0.5, 0.6) is 0 Å². The van der Waals surface area contributed by atoms with Crippen molar-refractivity contribution < 1.29 is 23.6 Å². The van der Waals surface area contributed by atoms with Crippen LogP contribution < -0.4 is 0 Å². The van der Waals surface area contributed by atoms with Crippen LogP contribution >= 0.6 is 27.3 Å². The lowest BCUT2D eigenvalue weighted by Gasteiger charge is -2.25. The first-order chi connectivity index (χ1) is 11.8. The van der Waals surface area contributed by atoms with Gasteiger partial charge in [-0.05, 0) is 34.1 Å². The molecule has 2 amide bonds. The number of terminal acetylenes is 1. The second-order valence-electron chi connectivity index (χ2n) is 5.17. The lowest BCUT2D eigenvalue weighted by molar-refractivity contribution is -0.168. The summed E-state index contributed by atoms with van der Waals surface area (Å²) in [6.45, 7) is -0.509. The predicted octanol–water partition coefficient (Wildman–Crippen LogP) is 3.14. The average molecular weight is 427 g/mol. The molecule has 2 heterocycles. The number of carbonyl (C=O) groups is 2. The van der Waals surface area contributed by atoms with Gasteiger partial charge in [-0.25, -0.2) is 8.78 Å². The molecule has 1 N–H and O–H groups in total. The molecule has 3 rings (SSSR count). The summed E-state index contributed by atoms with van der Waals surface area (Å²) in [5, 5.41) is 12.0. The van der Waals surface area contributed by atoms with Gasteiger partial charge in [-0.3, -0.25) is 14.8 Å². The molecule has 0 aliphatic carbocycles. The first-order valence-corrected chi connectivity index (χ1v) is 8.52. The molecule has 1 unspecified atom stereocenters. The van der Waals surface area contributed by atoms with Crippen LogP contribution in [0.1, 0.15) is 27.0 Å². The molecular weight excluding hydrogens is 418 g/mol. The van der Waals surface area contributed by atoms with Gasteiger partial charge in [0.1, 0.15) is 23.7 Å². The largest absolute Gasteiger partial charge is 0.302 e. The Labute approximate surface area is 153 Å². The number of hydrogen-bond donors (Lipinski definition) is 1. The van der Waals surface area contributed by atoms with Crippen molar-refractivity contribution in [2.24, 2.45) is 0 Å². The first kappa shape index (κ1) is 17.5. The van der Waals surface area contributed by atoms with E-state index in [2.05, 4.69) is 21.9 Å². The highest BCUT2D eigenvalue weighted by atomic mass is 79.9. The maximum absolute atomic E-state index is 14.2. The van der Waals surface area contributed by atoms with Crippen molar-refractivity contribution in [2.45, 2.75) is 6.17 Å². The van der Waals surface area contributed by atoms with Crippen molar-refractivity contribution in [3.8, 4) is 12.3 Å². The molecule has 0 radical (unpaired) electrons. The number of hydrogen-bond acceptors (Lipinski definition) is 4. The van der Waals surface area contributed by atoms with Crippen LogP contribution in [-0.2, 0) is 4.79 Å². The molecule has 1 atom stereocenters. The summed E-state index contributed by atoms with van der Waals surface area (Å²) < 4.78 is 29.0. The second kappa shape index (κ2) is 6.55. The molecule has 9 heteroatoms. The minimum Gasteiger partial charge on any atom is -0.302 e. The molecule has 0 spiro atoms. The number of thiophene rings is 1. The number of nitrogens with zero attached hydrogens (tertiary/aromatic N) is 2. The van der Waals surface area contributed by atoms with Crippen LogP contribution in [0.15, 0.2) is 28.1 Å². The van der Waals surface area contributed by atoms with Gasteiger partial charge in [0.05, 0.1) is 4.88 Å². The van der Waals surface area contributed by atoms with Crippen molar-refractivity contribution >= 4 is 39.1 Å². The number of carbonyl (C=O) groups excluding carboxylic acids is 2. The molecule has 0 saturated carbocycles. The van der Waals surface area contributed by atoms with E-state index in [4.69, 9.17) is 6.42 Å². The lowest BCUT2D eigenvalue weighted by Crippen LogP contribution is -2.35. The van der Waals surface area contributed by atoms with E-state index >= 15 is 0 Å². The number of hydroxylamine groups is 2. The Morgan fingerprint density at radius 1 is 1.36 bits per heavy atom. The SMILES string of the molecule is C#Cc1cc(F)c(C(=O)N2CC(=O)N(O)C2c2cc(Br)cs2)c(F)c1. The summed E-state index contributed by atoms with van der Waals surface area (Å²) in [6, 6.07) is 3.33. The molecule has 2 aromatic rings. The van der Waals surface area contributed by atoms with Gasteiger partial charge in [0.2, 0.25) is 0 Å². The van der Waals surface area contributed by atoms with Gasteiger partial charge in [0.15, 0.2) is 6.17 Å². The Hall–Kier alpha value is -2.28. The second-order valence-corrected chi connectivity index (χ2v) is 7.03. The predicted molar refractivity (Wildman–Crippen MR) is 88.7 cm³/mol. The fourth-order valence-corrected chi connectivity index (χ4v) is 4.04. The highest BCUT2D eigenvalue weighted by molar-refractivity contribution is 9.10. The van der Waals surface area contributed by atoms with Crippen LogP contribution in [0, 0.1) is 24.0 Å². The van der Waals surface area contributed by atoms with Crippen LogP contribution in [0.25, 0.3) is 0 Å². The smallest absolute Gasteiger partial charge is 0.268 e. The quantitative estimate of drug-likeness (QED) is 0.592. The summed E-state index contributed by atoms with van der Waals surface area (Å²) >= 11 is 4.41. The summed E-state index contributed by atoms with van der Waals surface area (Å²) in [5.41, 5.74) is -0.880. The van der Waals surface area contributed by atoms with Crippen molar-refractivity contribution in [1.29, 1.82) is 0 Å². The van der Waals surface area contributed by atoms with E-state index in [0.29, 0.717) is 14.4 Å². The third kappa shape index (κ3) is 3.04. The average Bonchev–Trinajstić information content (AvgIpc) is 3.10. The zero-order valence-electron chi connectivity index (χ0n) is 12.4. The van der Waals surface area contributed by atoms with E-state index in [9.17, 15) is 23.6 Å². The number of rotatable bonds is 2. The van der Waals surface area contributed by atoms with Crippen molar-refractivity contribution in [1.82, 2.24) is 9.96 Å². The number of halogens is 3. The molecule has 1 saturated heterocycles. The first-order valence-electron chi connectivity index (χ1n) is 6.85. The van der Waals surface area contributed by atoms with E-state index in [0.717, 1.165) is 17.0 Å². The van der Waals surface area contributed by atoms with E-state index in [-0.39, 0.29) is 5.56 Å². The van der Waals surface area contributed by atoms with Crippen molar-refractivity contribution in [2.75, 3.05) is 6.54 Å². The molecule has 1 fully saturated rings.